The van der Waals surface area contributed by atoms with Gasteiger partial charge < -0.3 is 15.4 Å². The Morgan fingerprint density at radius 2 is 1.97 bits per heavy atom. The highest BCUT2D eigenvalue weighted by Gasteiger charge is 2.20. The van der Waals surface area contributed by atoms with Crippen molar-refractivity contribution in [1.29, 1.82) is 0 Å². The van der Waals surface area contributed by atoms with Gasteiger partial charge in [0.1, 0.15) is 12.4 Å². The normalized spacial score (nSPS) is 10.9. The Bertz CT molecular complexity index is 1110. The average molecular weight is 421 g/mol. The summed E-state index contributed by atoms with van der Waals surface area (Å²) in [5.74, 6) is -1.13. The molecular weight excluding hydrogens is 403 g/mol. The first-order valence-corrected chi connectivity index (χ1v) is 9.00. The summed E-state index contributed by atoms with van der Waals surface area (Å²) in [7, 11) is 0. The Labute approximate surface area is 170 Å². The molecule has 0 unspecified atom stereocenters. The number of hydrogen-bond donors (Lipinski definition) is 1. The highest BCUT2D eigenvalue weighted by atomic mass is 35.5. The van der Waals surface area contributed by atoms with E-state index < -0.39 is 16.6 Å². The standard InChI is InChI=1S/C18H18ClFN6O3/c1-10-6-16(26(28)29)23-24(10)9-17(27)21-18-11(2)22-25(12(18)3)8-13-4-5-14(20)7-15(13)19/h4-7H,8-9H2,1-3H3,(H,21,27). The summed E-state index contributed by atoms with van der Waals surface area (Å²) in [6, 6.07) is 5.44. The van der Waals surface area contributed by atoms with Crippen molar-refractivity contribution in [2.24, 2.45) is 0 Å². The van der Waals surface area contributed by atoms with Gasteiger partial charge in [0.2, 0.25) is 5.91 Å². The molecule has 152 valence electrons. The fourth-order valence-electron chi connectivity index (χ4n) is 2.90. The van der Waals surface area contributed by atoms with Gasteiger partial charge in [0.25, 0.3) is 0 Å². The highest BCUT2D eigenvalue weighted by molar-refractivity contribution is 6.31. The van der Waals surface area contributed by atoms with Crippen molar-refractivity contribution in [1.82, 2.24) is 19.6 Å². The van der Waals surface area contributed by atoms with Gasteiger partial charge in [-0.05, 0) is 43.4 Å². The van der Waals surface area contributed by atoms with Crippen LogP contribution in [0.4, 0.5) is 15.9 Å². The Kier molecular flexibility index (Phi) is 5.64. The lowest BCUT2D eigenvalue weighted by molar-refractivity contribution is -0.389. The molecule has 29 heavy (non-hydrogen) atoms. The second-order valence-electron chi connectivity index (χ2n) is 6.55. The summed E-state index contributed by atoms with van der Waals surface area (Å²) >= 11 is 6.08. The summed E-state index contributed by atoms with van der Waals surface area (Å²) in [4.78, 5) is 22.6. The van der Waals surface area contributed by atoms with Crippen LogP contribution >= 0.6 is 11.6 Å². The molecule has 11 heteroatoms. The van der Waals surface area contributed by atoms with Gasteiger partial charge >= 0.3 is 5.82 Å². The van der Waals surface area contributed by atoms with Crippen LogP contribution in [-0.4, -0.2) is 30.4 Å². The Morgan fingerprint density at radius 3 is 2.59 bits per heavy atom. The Hall–Kier alpha value is -3.27. The van der Waals surface area contributed by atoms with Crippen LogP contribution < -0.4 is 5.32 Å². The summed E-state index contributed by atoms with van der Waals surface area (Å²) in [5, 5.41) is 22.1. The maximum atomic E-state index is 13.2. The number of carbonyl (C=O) groups is 1. The van der Waals surface area contributed by atoms with Gasteiger partial charge in [-0.3, -0.25) is 9.48 Å². The van der Waals surface area contributed by atoms with E-state index in [4.69, 9.17) is 11.6 Å². The van der Waals surface area contributed by atoms with Crippen LogP contribution in [0.25, 0.3) is 0 Å². The van der Waals surface area contributed by atoms with Gasteiger partial charge in [0.05, 0.1) is 40.5 Å². The number of hydrogen-bond acceptors (Lipinski definition) is 5. The van der Waals surface area contributed by atoms with Crippen LogP contribution in [0, 0.1) is 36.7 Å². The van der Waals surface area contributed by atoms with E-state index in [1.165, 1.54) is 22.9 Å². The number of aryl methyl sites for hydroxylation is 2. The smallest absolute Gasteiger partial charge is 0.358 e. The number of rotatable bonds is 6. The van der Waals surface area contributed by atoms with Crippen molar-refractivity contribution in [3.05, 3.63) is 67.9 Å². The number of anilines is 1. The number of nitrogens with zero attached hydrogens (tertiary/aromatic N) is 5. The molecule has 0 spiro atoms. The molecule has 9 nitrogen and oxygen atoms in total. The van der Waals surface area contributed by atoms with Crippen LogP contribution in [0.1, 0.15) is 22.6 Å². The monoisotopic (exact) mass is 420 g/mol. The first-order chi connectivity index (χ1) is 13.7. The number of amides is 1. The molecule has 1 amide bonds. The predicted octanol–water partition coefficient (Wildman–Crippen LogP) is 3.39. The summed E-state index contributed by atoms with van der Waals surface area (Å²) in [6.45, 7) is 5.31. The molecule has 2 heterocycles. The molecule has 0 saturated heterocycles. The maximum absolute atomic E-state index is 13.2. The van der Waals surface area contributed by atoms with Crippen molar-refractivity contribution in [3.8, 4) is 0 Å². The fraction of sp³-hybridized carbons (Fsp3) is 0.278. The quantitative estimate of drug-likeness (QED) is 0.485. The second-order valence-corrected chi connectivity index (χ2v) is 6.95. The van der Waals surface area contributed by atoms with Crippen LogP contribution in [0.5, 0.6) is 0 Å². The first-order valence-electron chi connectivity index (χ1n) is 8.62. The van der Waals surface area contributed by atoms with Crippen LogP contribution in [-0.2, 0) is 17.9 Å². The lowest BCUT2D eigenvalue weighted by Crippen LogP contribution is -2.21. The van der Waals surface area contributed by atoms with Gasteiger partial charge in [0, 0.05) is 5.02 Å². The molecule has 1 N–H and O–H groups in total. The zero-order valence-electron chi connectivity index (χ0n) is 15.9. The minimum atomic E-state index is -0.611. The molecule has 0 aliphatic rings. The number of halogens is 2. The van der Waals surface area contributed by atoms with E-state index >= 15 is 0 Å². The van der Waals surface area contributed by atoms with Crippen molar-refractivity contribution < 1.29 is 14.1 Å². The number of benzene rings is 1. The van der Waals surface area contributed by atoms with E-state index in [0.29, 0.717) is 39.9 Å². The molecule has 2 aromatic heterocycles. The molecule has 0 aliphatic carbocycles. The van der Waals surface area contributed by atoms with Gasteiger partial charge in [-0.1, -0.05) is 17.7 Å². The molecule has 3 rings (SSSR count). The zero-order valence-corrected chi connectivity index (χ0v) is 16.7. The van der Waals surface area contributed by atoms with Crippen LogP contribution in [0.15, 0.2) is 24.3 Å². The minimum absolute atomic E-state index is 0.173. The van der Waals surface area contributed by atoms with E-state index in [1.807, 2.05) is 0 Å². The molecule has 0 atom stereocenters. The van der Waals surface area contributed by atoms with E-state index in [2.05, 4.69) is 15.5 Å². The van der Waals surface area contributed by atoms with E-state index in [0.717, 1.165) is 0 Å². The fourth-order valence-corrected chi connectivity index (χ4v) is 3.13. The van der Waals surface area contributed by atoms with Gasteiger partial charge in [0.15, 0.2) is 0 Å². The Morgan fingerprint density at radius 1 is 1.24 bits per heavy atom. The summed E-state index contributed by atoms with van der Waals surface area (Å²) < 4.78 is 16.2. The van der Waals surface area contributed by atoms with E-state index in [1.54, 1.807) is 31.5 Å². The zero-order chi connectivity index (χ0) is 21.3. The lowest BCUT2D eigenvalue weighted by Gasteiger charge is -2.08. The van der Waals surface area contributed by atoms with Crippen LogP contribution in [0.3, 0.4) is 0 Å². The minimum Gasteiger partial charge on any atom is -0.358 e. The average Bonchev–Trinajstić information content (AvgIpc) is 3.12. The van der Waals surface area contributed by atoms with Gasteiger partial charge in [-0.2, -0.15) is 9.78 Å². The third-order valence-corrected chi connectivity index (χ3v) is 4.78. The Balaban J connectivity index is 1.76. The molecule has 0 radical (unpaired) electrons. The SMILES string of the molecule is Cc1nn(Cc2ccc(F)cc2Cl)c(C)c1NC(=O)Cn1nc([N+](=O)[O-])cc1C. The maximum Gasteiger partial charge on any atom is 0.390 e. The molecule has 0 saturated carbocycles. The summed E-state index contributed by atoms with van der Waals surface area (Å²) in [5.41, 5.74) is 3.02. The van der Waals surface area contributed by atoms with Crippen LogP contribution in [0.2, 0.25) is 5.02 Å². The van der Waals surface area contributed by atoms with Gasteiger partial charge in [-0.15, -0.1) is 0 Å². The van der Waals surface area contributed by atoms with E-state index in [-0.39, 0.29) is 12.4 Å². The number of carbonyl (C=O) groups excluding carboxylic acids is 1. The van der Waals surface area contributed by atoms with Gasteiger partial charge in [-0.25, -0.2) is 4.39 Å². The predicted molar refractivity (Wildman–Crippen MR) is 104 cm³/mol. The number of aromatic nitrogens is 4. The largest absolute Gasteiger partial charge is 0.390 e. The molecule has 0 aliphatic heterocycles. The third-order valence-electron chi connectivity index (χ3n) is 4.43. The van der Waals surface area contributed by atoms with Crippen molar-refractivity contribution in [2.45, 2.75) is 33.9 Å². The highest BCUT2D eigenvalue weighted by Crippen LogP contribution is 2.23. The molecular formula is C18H18ClFN6O3. The van der Waals surface area contributed by atoms with Crippen molar-refractivity contribution in [3.63, 3.8) is 0 Å². The number of nitrogens with one attached hydrogen (secondary N) is 1. The van der Waals surface area contributed by atoms with E-state index in [9.17, 15) is 19.3 Å². The van der Waals surface area contributed by atoms with Crippen molar-refractivity contribution in [2.75, 3.05) is 5.32 Å². The van der Waals surface area contributed by atoms with Crippen molar-refractivity contribution >= 4 is 29.0 Å². The lowest BCUT2D eigenvalue weighted by atomic mass is 10.2. The molecule has 1 aromatic carbocycles. The number of nitro groups is 1. The topological polar surface area (TPSA) is 108 Å². The second kappa shape index (κ2) is 8.00. The molecule has 0 bridgehead atoms. The third kappa shape index (κ3) is 4.43. The first kappa shape index (κ1) is 20.5. The molecule has 3 aromatic rings. The molecule has 0 fully saturated rings. The summed E-state index contributed by atoms with van der Waals surface area (Å²) in [6.07, 6.45) is 0.